The molecule has 2 aromatic carbocycles. The van der Waals surface area contributed by atoms with Crippen LogP contribution in [0.1, 0.15) is 5.56 Å². The van der Waals surface area contributed by atoms with Gasteiger partial charge in [-0.1, -0.05) is 60.3 Å². The average molecular weight is 431 g/mol. The fourth-order valence-corrected chi connectivity index (χ4v) is 7.59. The van der Waals surface area contributed by atoms with Crippen LogP contribution in [0.4, 0.5) is 0 Å². The molecule has 0 unspecified atom stereocenters. The molecular formula is C21H22N2O4S2. The molecule has 0 bridgehead atoms. The van der Waals surface area contributed by atoms with Gasteiger partial charge < -0.3 is 9.64 Å². The van der Waals surface area contributed by atoms with E-state index in [9.17, 15) is 13.2 Å². The van der Waals surface area contributed by atoms with Crippen molar-refractivity contribution < 1.29 is 17.9 Å². The standard InChI is InChI=1S/C21H22N2O4S2/c24-20(13-27-17-9-5-2-6-10-17)22-21-23(12-11-16-7-3-1-4-8-16)18-14-29(25,26)15-19(18)28-21/h1-10,18-19H,11-15H2/t18-,19+/m0/s1. The molecule has 152 valence electrons. The van der Waals surface area contributed by atoms with Crippen LogP contribution in [0.25, 0.3) is 0 Å². The van der Waals surface area contributed by atoms with Gasteiger partial charge in [0, 0.05) is 11.8 Å². The Morgan fingerprint density at radius 1 is 1.07 bits per heavy atom. The molecule has 2 atom stereocenters. The van der Waals surface area contributed by atoms with Gasteiger partial charge in [0.2, 0.25) is 0 Å². The number of amidine groups is 1. The highest BCUT2D eigenvalue weighted by Gasteiger charge is 2.48. The van der Waals surface area contributed by atoms with Crippen LogP contribution in [0.2, 0.25) is 0 Å². The first-order valence-corrected chi connectivity index (χ1v) is 12.2. The molecule has 2 fully saturated rings. The molecule has 0 aliphatic carbocycles. The minimum atomic E-state index is -3.05. The number of ether oxygens (including phenoxy) is 1. The normalized spacial score (nSPS) is 23.9. The molecule has 2 aromatic rings. The number of para-hydroxylation sites is 1. The number of carbonyl (C=O) groups excluding carboxylic acids is 1. The van der Waals surface area contributed by atoms with E-state index in [0.717, 1.165) is 6.42 Å². The second-order valence-electron chi connectivity index (χ2n) is 7.12. The first kappa shape index (κ1) is 20.0. The van der Waals surface area contributed by atoms with Crippen molar-refractivity contribution in [2.24, 2.45) is 4.99 Å². The van der Waals surface area contributed by atoms with E-state index < -0.39 is 9.84 Å². The van der Waals surface area contributed by atoms with Crippen LogP contribution < -0.4 is 4.74 Å². The van der Waals surface area contributed by atoms with Crippen LogP contribution in [0.5, 0.6) is 5.75 Å². The fourth-order valence-electron chi connectivity index (χ4n) is 3.59. The molecule has 8 heteroatoms. The average Bonchev–Trinajstić information content (AvgIpc) is 3.17. The quantitative estimate of drug-likeness (QED) is 0.701. The second-order valence-corrected chi connectivity index (χ2v) is 10.5. The van der Waals surface area contributed by atoms with Crippen molar-refractivity contribution in [2.75, 3.05) is 24.7 Å². The Bertz CT molecular complexity index is 994. The van der Waals surface area contributed by atoms with Gasteiger partial charge in [0.25, 0.3) is 5.91 Å². The van der Waals surface area contributed by atoms with Crippen LogP contribution in [0.3, 0.4) is 0 Å². The van der Waals surface area contributed by atoms with Gasteiger partial charge >= 0.3 is 0 Å². The Kier molecular flexibility index (Phi) is 5.91. The molecule has 0 radical (unpaired) electrons. The smallest absolute Gasteiger partial charge is 0.285 e. The second kappa shape index (κ2) is 8.59. The van der Waals surface area contributed by atoms with Crippen LogP contribution in [0.15, 0.2) is 65.7 Å². The van der Waals surface area contributed by atoms with E-state index in [1.54, 1.807) is 12.1 Å². The molecule has 2 saturated heterocycles. The van der Waals surface area contributed by atoms with Gasteiger partial charge in [-0.05, 0) is 24.1 Å². The minimum absolute atomic E-state index is 0.0719. The number of benzene rings is 2. The summed E-state index contributed by atoms with van der Waals surface area (Å²) in [5, 5.41) is 0.532. The van der Waals surface area contributed by atoms with Gasteiger partial charge in [-0.2, -0.15) is 4.99 Å². The van der Waals surface area contributed by atoms with Crippen molar-refractivity contribution in [3.8, 4) is 5.75 Å². The maximum absolute atomic E-state index is 12.4. The highest BCUT2D eigenvalue weighted by Crippen LogP contribution is 2.38. The third kappa shape index (κ3) is 5.00. The highest BCUT2D eigenvalue weighted by atomic mass is 32.2. The minimum Gasteiger partial charge on any atom is -0.484 e. The van der Waals surface area contributed by atoms with Crippen LogP contribution in [0, 0.1) is 0 Å². The molecule has 4 rings (SSSR count). The first-order chi connectivity index (χ1) is 14.0. The predicted molar refractivity (Wildman–Crippen MR) is 115 cm³/mol. The number of thioether (sulfide) groups is 1. The zero-order valence-corrected chi connectivity index (χ0v) is 17.4. The lowest BCUT2D eigenvalue weighted by molar-refractivity contribution is -0.119. The van der Waals surface area contributed by atoms with Crippen molar-refractivity contribution >= 4 is 32.7 Å². The lowest BCUT2D eigenvalue weighted by Gasteiger charge is -2.24. The summed E-state index contributed by atoms with van der Waals surface area (Å²) in [4.78, 5) is 18.6. The molecule has 29 heavy (non-hydrogen) atoms. The summed E-state index contributed by atoms with van der Waals surface area (Å²) in [7, 11) is -3.05. The molecule has 2 heterocycles. The van der Waals surface area contributed by atoms with Gasteiger partial charge in [-0.25, -0.2) is 8.42 Å². The number of sulfone groups is 1. The van der Waals surface area contributed by atoms with Crippen LogP contribution >= 0.6 is 11.8 Å². The topological polar surface area (TPSA) is 76.0 Å². The van der Waals surface area contributed by atoms with Crippen molar-refractivity contribution in [3.63, 3.8) is 0 Å². The summed E-state index contributed by atoms with van der Waals surface area (Å²) in [6, 6.07) is 19.0. The Labute approximate surface area is 174 Å². The van der Waals surface area contributed by atoms with Crippen LogP contribution in [-0.2, 0) is 21.1 Å². The lowest BCUT2D eigenvalue weighted by atomic mass is 10.1. The molecule has 0 spiro atoms. The molecule has 2 aliphatic heterocycles. The van der Waals surface area contributed by atoms with E-state index >= 15 is 0 Å². The van der Waals surface area contributed by atoms with E-state index in [-0.39, 0.29) is 35.3 Å². The summed E-state index contributed by atoms with van der Waals surface area (Å²) < 4.78 is 29.7. The van der Waals surface area contributed by atoms with E-state index in [2.05, 4.69) is 4.99 Å². The maximum Gasteiger partial charge on any atom is 0.285 e. The number of amides is 1. The van der Waals surface area contributed by atoms with E-state index in [1.807, 2.05) is 53.4 Å². The maximum atomic E-state index is 12.4. The molecule has 2 aliphatic rings. The molecule has 0 saturated carbocycles. The van der Waals surface area contributed by atoms with Gasteiger partial charge in [0.15, 0.2) is 21.6 Å². The van der Waals surface area contributed by atoms with Crippen molar-refractivity contribution in [2.45, 2.75) is 17.7 Å². The summed E-state index contributed by atoms with van der Waals surface area (Å²) >= 11 is 1.40. The van der Waals surface area contributed by atoms with Crippen LogP contribution in [-0.4, -0.2) is 60.3 Å². The number of rotatable bonds is 6. The van der Waals surface area contributed by atoms with E-state index in [1.165, 1.54) is 17.3 Å². The number of hydrogen-bond donors (Lipinski definition) is 0. The fraction of sp³-hybridized carbons (Fsp3) is 0.333. The predicted octanol–water partition coefficient (Wildman–Crippen LogP) is 2.41. The number of nitrogens with zero attached hydrogens (tertiary/aromatic N) is 2. The highest BCUT2D eigenvalue weighted by molar-refractivity contribution is 8.15. The molecule has 0 N–H and O–H groups in total. The Morgan fingerprint density at radius 3 is 2.48 bits per heavy atom. The monoisotopic (exact) mass is 430 g/mol. The first-order valence-electron chi connectivity index (χ1n) is 9.47. The zero-order chi connectivity index (χ0) is 20.3. The summed E-state index contributed by atoms with van der Waals surface area (Å²) in [6.07, 6.45) is 0.762. The summed E-state index contributed by atoms with van der Waals surface area (Å²) in [6.45, 7) is 0.480. The lowest BCUT2D eigenvalue weighted by Crippen LogP contribution is -2.39. The summed E-state index contributed by atoms with van der Waals surface area (Å²) in [5.41, 5.74) is 1.17. The van der Waals surface area contributed by atoms with Crippen molar-refractivity contribution in [3.05, 3.63) is 66.2 Å². The van der Waals surface area contributed by atoms with E-state index in [0.29, 0.717) is 17.5 Å². The van der Waals surface area contributed by atoms with E-state index in [4.69, 9.17) is 4.74 Å². The zero-order valence-electron chi connectivity index (χ0n) is 15.8. The largest absolute Gasteiger partial charge is 0.484 e. The number of hydrogen-bond acceptors (Lipinski definition) is 5. The third-order valence-electron chi connectivity index (χ3n) is 4.98. The number of aliphatic imine (C=N–C) groups is 1. The Morgan fingerprint density at radius 2 is 1.76 bits per heavy atom. The number of fused-ring (bicyclic) bond motifs is 1. The van der Waals surface area contributed by atoms with Crippen molar-refractivity contribution in [1.82, 2.24) is 4.90 Å². The Balaban J connectivity index is 1.46. The number of carbonyl (C=O) groups is 1. The third-order valence-corrected chi connectivity index (χ3v) is 8.23. The summed E-state index contributed by atoms with van der Waals surface area (Å²) in [5.74, 6) is 0.498. The molecule has 0 aromatic heterocycles. The molecule has 1 amide bonds. The Hall–Kier alpha value is -2.32. The SMILES string of the molecule is O=C(COc1ccccc1)N=C1S[C@@H]2CS(=O)(=O)C[C@@H]2N1CCc1ccccc1. The van der Waals surface area contributed by atoms with Gasteiger partial charge in [-0.3, -0.25) is 4.79 Å². The molecule has 6 nitrogen and oxygen atoms in total. The van der Waals surface area contributed by atoms with Gasteiger partial charge in [-0.15, -0.1) is 0 Å². The van der Waals surface area contributed by atoms with Gasteiger partial charge in [0.05, 0.1) is 17.5 Å². The van der Waals surface area contributed by atoms with Gasteiger partial charge in [0.1, 0.15) is 5.75 Å². The van der Waals surface area contributed by atoms with Crippen molar-refractivity contribution in [1.29, 1.82) is 0 Å². The molecular weight excluding hydrogens is 408 g/mol.